The molecule has 9 nitrogen and oxygen atoms in total. The van der Waals surface area contributed by atoms with E-state index in [0.717, 1.165) is 25.7 Å². The fourth-order valence-corrected chi connectivity index (χ4v) is 4.01. The summed E-state index contributed by atoms with van der Waals surface area (Å²) in [6.07, 6.45) is 5.91. The Morgan fingerprint density at radius 3 is 2.59 bits per heavy atom. The van der Waals surface area contributed by atoms with Gasteiger partial charge in [-0.05, 0) is 32.6 Å². The van der Waals surface area contributed by atoms with Crippen LogP contribution in [0.5, 0.6) is 6.01 Å². The average Bonchev–Trinajstić information content (AvgIpc) is 2.96. The molecule has 5 rings (SSSR count). The number of amides is 1. The quantitative estimate of drug-likeness (QED) is 0.786. The van der Waals surface area contributed by atoms with E-state index < -0.39 is 5.41 Å². The van der Waals surface area contributed by atoms with E-state index in [2.05, 4.69) is 20.3 Å². The Labute approximate surface area is 169 Å². The van der Waals surface area contributed by atoms with Gasteiger partial charge in [0.15, 0.2) is 23.2 Å². The largest absolute Gasteiger partial charge is 0.460 e. The van der Waals surface area contributed by atoms with Crippen LogP contribution in [-0.2, 0) is 14.3 Å². The lowest BCUT2D eigenvalue weighted by Crippen LogP contribution is -2.28. The van der Waals surface area contributed by atoms with Crippen LogP contribution in [0.2, 0.25) is 0 Å². The number of nitrogens with zero attached hydrogens (tertiary/aromatic N) is 4. The van der Waals surface area contributed by atoms with Crippen molar-refractivity contribution in [3.8, 4) is 6.01 Å². The van der Waals surface area contributed by atoms with E-state index in [-0.39, 0.29) is 42.6 Å². The van der Waals surface area contributed by atoms with Crippen LogP contribution in [0.25, 0.3) is 11.2 Å². The molecule has 0 spiro atoms. The van der Waals surface area contributed by atoms with E-state index in [9.17, 15) is 4.79 Å². The maximum absolute atomic E-state index is 12.6. The number of rotatable bonds is 4. The fourth-order valence-electron chi connectivity index (χ4n) is 4.01. The van der Waals surface area contributed by atoms with Crippen LogP contribution in [0.15, 0.2) is 6.33 Å². The van der Waals surface area contributed by atoms with E-state index in [1.54, 1.807) is 6.33 Å². The van der Waals surface area contributed by atoms with Gasteiger partial charge in [0.25, 0.3) is 0 Å². The first-order chi connectivity index (χ1) is 13.8. The van der Waals surface area contributed by atoms with E-state index in [0.29, 0.717) is 17.0 Å². The lowest BCUT2D eigenvalue weighted by Gasteiger charge is -2.19. The number of fused-ring (bicyclic) bond motifs is 2. The van der Waals surface area contributed by atoms with Crippen molar-refractivity contribution in [3.63, 3.8) is 0 Å². The van der Waals surface area contributed by atoms with Crippen molar-refractivity contribution >= 4 is 22.9 Å². The first-order valence-corrected chi connectivity index (χ1v) is 10.3. The molecule has 2 aromatic heterocycles. The number of hydrogen-bond donors (Lipinski definition) is 1. The Balaban J connectivity index is 1.54. The molecule has 4 heterocycles. The number of epoxide rings is 1. The van der Waals surface area contributed by atoms with Gasteiger partial charge in [0.05, 0.1) is 12.4 Å². The highest BCUT2D eigenvalue weighted by atomic mass is 16.7. The zero-order valence-corrected chi connectivity index (χ0v) is 17.2. The number of hydrogen-bond acceptors (Lipinski definition) is 7. The van der Waals surface area contributed by atoms with Crippen molar-refractivity contribution in [2.24, 2.45) is 5.41 Å². The topological polar surface area (TPSA) is 104 Å². The van der Waals surface area contributed by atoms with Crippen LogP contribution >= 0.6 is 0 Å². The minimum Gasteiger partial charge on any atom is -0.460 e. The summed E-state index contributed by atoms with van der Waals surface area (Å²) in [6, 6.07) is 0.259. The molecule has 4 atom stereocenters. The highest BCUT2D eigenvalue weighted by Gasteiger charge is 2.57. The smallest absolute Gasteiger partial charge is 0.320 e. The molecule has 156 valence electrons. The summed E-state index contributed by atoms with van der Waals surface area (Å²) in [6.45, 7) is 7.57. The summed E-state index contributed by atoms with van der Waals surface area (Å²) in [5.41, 5.74) is 0.526. The molecule has 1 saturated carbocycles. The number of carbonyl (C=O) groups excluding carboxylic acids is 1. The Morgan fingerprint density at radius 1 is 1.21 bits per heavy atom. The third-order valence-corrected chi connectivity index (χ3v) is 5.82. The molecular formula is C20H27N5O4. The first kappa shape index (κ1) is 18.7. The summed E-state index contributed by atoms with van der Waals surface area (Å²) in [4.78, 5) is 26.2. The second-order valence-electron chi connectivity index (χ2n) is 9.20. The zero-order valence-electron chi connectivity index (χ0n) is 17.2. The van der Waals surface area contributed by atoms with Gasteiger partial charge >= 0.3 is 6.01 Å². The van der Waals surface area contributed by atoms with E-state index in [4.69, 9.17) is 14.2 Å². The fraction of sp³-hybridized carbons (Fsp3) is 0.700. The molecule has 2 saturated heterocycles. The van der Waals surface area contributed by atoms with Gasteiger partial charge in [0.2, 0.25) is 5.91 Å². The SMILES string of the molecule is C[C@H]1O[C@@H](n2cnc3c(NC(=O)C(C)(C)C)nc(OC4CCCC4)nc32)[C@H]2O[C@@H]21. The summed E-state index contributed by atoms with van der Waals surface area (Å²) in [5.74, 6) is 0.219. The third kappa shape index (κ3) is 3.36. The van der Waals surface area contributed by atoms with Gasteiger partial charge in [-0.15, -0.1) is 0 Å². The lowest BCUT2D eigenvalue weighted by atomic mass is 9.96. The van der Waals surface area contributed by atoms with Gasteiger partial charge in [-0.2, -0.15) is 9.97 Å². The average molecular weight is 401 g/mol. The molecule has 3 fully saturated rings. The summed E-state index contributed by atoms with van der Waals surface area (Å²) in [7, 11) is 0. The zero-order chi connectivity index (χ0) is 20.3. The lowest BCUT2D eigenvalue weighted by molar-refractivity contribution is -0.123. The molecule has 0 radical (unpaired) electrons. The predicted molar refractivity (Wildman–Crippen MR) is 105 cm³/mol. The summed E-state index contributed by atoms with van der Waals surface area (Å²) < 4.78 is 19.7. The van der Waals surface area contributed by atoms with Crippen molar-refractivity contribution in [3.05, 3.63) is 6.33 Å². The second-order valence-corrected chi connectivity index (χ2v) is 9.20. The van der Waals surface area contributed by atoms with Gasteiger partial charge < -0.3 is 19.5 Å². The van der Waals surface area contributed by atoms with Crippen molar-refractivity contribution in [2.75, 3.05) is 5.32 Å². The minimum atomic E-state index is -0.564. The standard InChI is InChI=1S/C20H27N5O4/c1-10-13-14(29-13)17(27-10)25-9-21-12-15(22-18(26)20(2,3)4)23-19(24-16(12)25)28-11-7-5-6-8-11/h9-11,13-14,17H,5-8H2,1-4H3,(H,22,23,24,26)/t10-,13-,14+,17-/m1/s1. The van der Waals surface area contributed by atoms with Gasteiger partial charge in [0, 0.05) is 5.41 Å². The molecular weight excluding hydrogens is 374 g/mol. The van der Waals surface area contributed by atoms with Crippen LogP contribution in [0.4, 0.5) is 5.82 Å². The molecule has 1 N–H and O–H groups in total. The Hall–Kier alpha value is -2.26. The molecule has 1 amide bonds. The highest BCUT2D eigenvalue weighted by Crippen LogP contribution is 2.45. The van der Waals surface area contributed by atoms with E-state index in [1.165, 1.54) is 0 Å². The number of carbonyl (C=O) groups is 1. The number of nitrogens with one attached hydrogen (secondary N) is 1. The van der Waals surface area contributed by atoms with Crippen LogP contribution in [0.3, 0.4) is 0 Å². The van der Waals surface area contributed by atoms with Crippen LogP contribution < -0.4 is 10.1 Å². The number of anilines is 1. The molecule has 0 unspecified atom stereocenters. The van der Waals surface area contributed by atoms with Crippen LogP contribution in [0.1, 0.15) is 59.6 Å². The molecule has 1 aliphatic carbocycles. The van der Waals surface area contributed by atoms with E-state index in [1.807, 2.05) is 32.3 Å². The predicted octanol–water partition coefficient (Wildman–Crippen LogP) is 2.82. The Bertz CT molecular complexity index is 946. The van der Waals surface area contributed by atoms with Crippen molar-refractivity contribution in [1.82, 2.24) is 19.5 Å². The highest BCUT2D eigenvalue weighted by molar-refractivity contribution is 5.99. The number of ether oxygens (including phenoxy) is 3. The second kappa shape index (κ2) is 6.63. The van der Waals surface area contributed by atoms with Crippen molar-refractivity contribution in [1.29, 1.82) is 0 Å². The third-order valence-electron chi connectivity index (χ3n) is 5.82. The maximum Gasteiger partial charge on any atom is 0.320 e. The van der Waals surface area contributed by atoms with Crippen molar-refractivity contribution in [2.45, 2.75) is 84.0 Å². The molecule has 3 aliphatic rings. The molecule has 0 aromatic carbocycles. The Morgan fingerprint density at radius 2 is 1.97 bits per heavy atom. The first-order valence-electron chi connectivity index (χ1n) is 10.3. The molecule has 0 bridgehead atoms. The van der Waals surface area contributed by atoms with Gasteiger partial charge in [-0.25, -0.2) is 4.98 Å². The monoisotopic (exact) mass is 401 g/mol. The Kier molecular flexibility index (Phi) is 4.29. The summed E-state index contributed by atoms with van der Waals surface area (Å²) in [5, 5.41) is 2.91. The van der Waals surface area contributed by atoms with Crippen molar-refractivity contribution < 1.29 is 19.0 Å². The van der Waals surface area contributed by atoms with Gasteiger partial charge in [0.1, 0.15) is 18.3 Å². The maximum atomic E-state index is 12.6. The van der Waals surface area contributed by atoms with Crippen LogP contribution in [0, 0.1) is 5.41 Å². The number of aromatic nitrogens is 4. The molecule has 2 aliphatic heterocycles. The van der Waals surface area contributed by atoms with E-state index >= 15 is 0 Å². The van der Waals surface area contributed by atoms with Crippen LogP contribution in [-0.4, -0.2) is 49.8 Å². The molecule has 9 heteroatoms. The number of imidazole rings is 1. The molecule has 29 heavy (non-hydrogen) atoms. The summed E-state index contributed by atoms with van der Waals surface area (Å²) >= 11 is 0. The normalized spacial score (nSPS) is 29.2. The minimum absolute atomic E-state index is 0.00387. The van der Waals surface area contributed by atoms with Gasteiger partial charge in [-0.3, -0.25) is 9.36 Å². The van der Waals surface area contributed by atoms with Gasteiger partial charge in [-0.1, -0.05) is 20.8 Å². The molecule has 2 aromatic rings.